The molecule has 1 rings (SSSR count). The van der Waals surface area contributed by atoms with Gasteiger partial charge in [-0.25, -0.2) is 0 Å². The highest BCUT2D eigenvalue weighted by Crippen LogP contribution is 2.15. The second-order valence-electron chi connectivity index (χ2n) is 4.10. The Kier molecular flexibility index (Phi) is 6.12. The molecular formula is C13H18ClNO3. The fourth-order valence-corrected chi connectivity index (χ4v) is 1.83. The molecule has 0 aromatic heterocycles. The molecule has 1 aromatic carbocycles. The number of hydrogen-bond donors (Lipinski definition) is 2. The molecule has 4 nitrogen and oxygen atoms in total. The monoisotopic (exact) mass is 271 g/mol. The van der Waals surface area contributed by atoms with Crippen LogP contribution < -0.4 is 5.32 Å². The number of halogens is 1. The second kappa shape index (κ2) is 7.36. The Balaban J connectivity index is 2.76. The van der Waals surface area contributed by atoms with Gasteiger partial charge in [-0.1, -0.05) is 17.7 Å². The highest BCUT2D eigenvalue weighted by Gasteiger charge is 2.15. The van der Waals surface area contributed by atoms with Crippen molar-refractivity contribution in [3.63, 3.8) is 0 Å². The molecule has 100 valence electrons. The van der Waals surface area contributed by atoms with E-state index in [-0.39, 0.29) is 18.6 Å². The van der Waals surface area contributed by atoms with Crippen LogP contribution >= 0.6 is 11.6 Å². The van der Waals surface area contributed by atoms with Gasteiger partial charge in [0.1, 0.15) is 0 Å². The molecule has 1 unspecified atom stereocenters. The van der Waals surface area contributed by atoms with Gasteiger partial charge in [0.15, 0.2) is 0 Å². The highest BCUT2D eigenvalue weighted by atomic mass is 35.5. The summed E-state index contributed by atoms with van der Waals surface area (Å²) < 4.78 is 5.00. The van der Waals surface area contributed by atoms with Gasteiger partial charge in [0.25, 0.3) is 5.91 Å². The summed E-state index contributed by atoms with van der Waals surface area (Å²) in [5, 5.41) is 12.3. The SMILES string of the molecule is COCC(CCO)NC(=O)c1cc(Cl)ccc1C. The lowest BCUT2D eigenvalue weighted by Gasteiger charge is -2.17. The van der Waals surface area contributed by atoms with Gasteiger partial charge >= 0.3 is 0 Å². The minimum Gasteiger partial charge on any atom is -0.396 e. The first-order valence-corrected chi connectivity index (χ1v) is 6.13. The zero-order chi connectivity index (χ0) is 13.5. The number of benzene rings is 1. The fourth-order valence-electron chi connectivity index (χ4n) is 1.66. The number of methoxy groups -OCH3 is 1. The van der Waals surface area contributed by atoms with Crippen molar-refractivity contribution in [1.82, 2.24) is 5.32 Å². The molecule has 0 aliphatic rings. The van der Waals surface area contributed by atoms with Gasteiger partial charge in [-0.05, 0) is 31.0 Å². The number of nitrogens with one attached hydrogen (secondary N) is 1. The number of rotatable bonds is 6. The minimum absolute atomic E-state index is 0.00281. The third-order valence-corrected chi connectivity index (χ3v) is 2.86. The molecule has 18 heavy (non-hydrogen) atoms. The Bertz CT molecular complexity index is 403. The van der Waals surface area contributed by atoms with Gasteiger partial charge in [0.05, 0.1) is 12.6 Å². The Labute approximate surface area is 112 Å². The molecular weight excluding hydrogens is 254 g/mol. The van der Waals surface area contributed by atoms with Crippen molar-refractivity contribution in [3.05, 3.63) is 34.3 Å². The third kappa shape index (κ3) is 4.29. The van der Waals surface area contributed by atoms with Crippen molar-refractivity contribution in [2.45, 2.75) is 19.4 Å². The van der Waals surface area contributed by atoms with Gasteiger partial charge in [-0.15, -0.1) is 0 Å². The summed E-state index contributed by atoms with van der Waals surface area (Å²) in [5.74, 6) is -0.203. The normalized spacial score (nSPS) is 12.2. The van der Waals surface area contributed by atoms with Crippen LogP contribution in [0.5, 0.6) is 0 Å². The molecule has 5 heteroatoms. The molecule has 2 N–H and O–H groups in total. The van der Waals surface area contributed by atoms with Crippen molar-refractivity contribution >= 4 is 17.5 Å². The fraction of sp³-hybridized carbons (Fsp3) is 0.462. The van der Waals surface area contributed by atoms with E-state index in [0.717, 1.165) is 5.56 Å². The summed E-state index contributed by atoms with van der Waals surface area (Å²) in [5.41, 5.74) is 1.40. The summed E-state index contributed by atoms with van der Waals surface area (Å²) in [6.07, 6.45) is 0.458. The van der Waals surface area contributed by atoms with Crippen molar-refractivity contribution in [1.29, 1.82) is 0 Å². The van der Waals surface area contributed by atoms with Crippen LogP contribution in [0, 0.1) is 6.92 Å². The van der Waals surface area contributed by atoms with E-state index in [4.69, 9.17) is 21.4 Å². The molecule has 0 heterocycles. The van der Waals surface area contributed by atoms with Crippen molar-refractivity contribution in [2.75, 3.05) is 20.3 Å². The van der Waals surface area contributed by atoms with Crippen LogP contribution in [0.2, 0.25) is 5.02 Å². The average Bonchev–Trinajstić information content (AvgIpc) is 2.33. The number of hydrogen-bond acceptors (Lipinski definition) is 3. The molecule has 1 aromatic rings. The molecule has 1 atom stereocenters. The smallest absolute Gasteiger partial charge is 0.251 e. The number of carbonyl (C=O) groups is 1. The van der Waals surface area contributed by atoms with E-state index in [9.17, 15) is 4.79 Å². The summed E-state index contributed by atoms with van der Waals surface area (Å²) in [7, 11) is 1.56. The second-order valence-corrected chi connectivity index (χ2v) is 4.53. The lowest BCUT2D eigenvalue weighted by Crippen LogP contribution is -2.39. The predicted molar refractivity (Wildman–Crippen MR) is 71.0 cm³/mol. The Morgan fingerprint density at radius 3 is 2.89 bits per heavy atom. The van der Waals surface area contributed by atoms with Crippen LogP contribution in [0.1, 0.15) is 22.3 Å². The van der Waals surface area contributed by atoms with Gasteiger partial charge in [0, 0.05) is 24.3 Å². The number of carbonyl (C=O) groups excluding carboxylic acids is 1. The van der Waals surface area contributed by atoms with Crippen LogP contribution in [-0.2, 0) is 4.74 Å². The first kappa shape index (κ1) is 15.0. The van der Waals surface area contributed by atoms with Crippen LogP contribution in [0.3, 0.4) is 0 Å². The number of aliphatic hydroxyl groups is 1. The van der Waals surface area contributed by atoms with E-state index >= 15 is 0 Å². The number of aliphatic hydroxyl groups excluding tert-OH is 1. The molecule has 0 aliphatic heterocycles. The molecule has 0 aliphatic carbocycles. The molecule has 0 saturated heterocycles. The van der Waals surface area contributed by atoms with E-state index in [0.29, 0.717) is 23.6 Å². The highest BCUT2D eigenvalue weighted by molar-refractivity contribution is 6.31. The van der Waals surface area contributed by atoms with E-state index in [1.165, 1.54) is 0 Å². The third-order valence-electron chi connectivity index (χ3n) is 2.62. The lowest BCUT2D eigenvalue weighted by molar-refractivity contribution is 0.0878. The summed E-state index contributed by atoms with van der Waals surface area (Å²) >= 11 is 5.88. The maximum Gasteiger partial charge on any atom is 0.251 e. The molecule has 0 fully saturated rings. The quantitative estimate of drug-likeness (QED) is 0.829. The zero-order valence-corrected chi connectivity index (χ0v) is 11.3. The summed E-state index contributed by atoms with van der Waals surface area (Å²) in [4.78, 5) is 12.1. The van der Waals surface area contributed by atoms with Gasteiger partial charge in [0.2, 0.25) is 0 Å². The van der Waals surface area contributed by atoms with E-state index in [1.54, 1.807) is 25.3 Å². The standard InChI is InChI=1S/C13H18ClNO3/c1-9-3-4-10(14)7-12(9)13(17)15-11(5-6-16)8-18-2/h3-4,7,11,16H,5-6,8H2,1-2H3,(H,15,17). The summed E-state index contributed by atoms with van der Waals surface area (Å²) in [6, 6.07) is 4.98. The van der Waals surface area contributed by atoms with Crippen LogP contribution in [0.4, 0.5) is 0 Å². The minimum atomic E-state index is -0.203. The van der Waals surface area contributed by atoms with Crippen molar-refractivity contribution in [3.8, 4) is 0 Å². The van der Waals surface area contributed by atoms with E-state index in [1.807, 2.05) is 6.92 Å². The molecule has 0 radical (unpaired) electrons. The summed E-state index contributed by atoms with van der Waals surface area (Å²) in [6.45, 7) is 2.22. The van der Waals surface area contributed by atoms with E-state index < -0.39 is 0 Å². The largest absolute Gasteiger partial charge is 0.396 e. The number of amides is 1. The molecule has 1 amide bonds. The Morgan fingerprint density at radius 1 is 1.56 bits per heavy atom. The first-order valence-electron chi connectivity index (χ1n) is 5.75. The van der Waals surface area contributed by atoms with E-state index in [2.05, 4.69) is 5.32 Å². The molecule has 0 saturated carbocycles. The van der Waals surface area contributed by atoms with Crippen LogP contribution in [-0.4, -0.2) is 37.4 Å². The zero-order valence-electron chi connectivity index (χ0n) is 10.6. The maximum absolute atomic E-state index is 12.1. The van der Waals surface area contributed by atoms with Crippen molar-refractivity contribution < 1.29 is 14.6 Å². The van der Waals surface area contributed by atoms with Gasteiger partial charge in [-0.3, -0.25) is 4.79 Å². The van der Waals surface area contributed by atoms with Gasteiger partial charge < -0.3 is 15.2 Å². The Morgan fingerprint density at radius 2 is 2.28 bits per heavy atom. The number of aryl methyl sites for hydroxylation is 1. The average molecular weight is 272 g/mol. The first-order chi connectivity index (χ1) is 8.58. The topological polar surface area (TPSA) is 58.6 Å². The van der Waals surface area contributed by atoms with Gasteiger partial charge in [-0.2, -0.15) is 0 Å². The number of ether oxygens (including phenoxy) is 1. The molecule has 0 spiro atoms. The predicted octanol–water partition coefficient (Wildman–Crippen LogP) is 1.78. The van der Waals surface area contributed by atoms with Crippen LogP contribution in [0.15, 0.2) is 18.2 Å². The van der Waals surface area contributed by atoms with Crippen LogP contribution in [0.25, 0.3) is 0 Å². The Hall–Kier alpha value is -1.10. The molecule has 0 bridgehead atoms. The lowest BCUT2D eigenvalue weighted by atomic mass is 10.1. The maximum atomic E-state index is 12.1. The van der Waals surface area contributed by atoms with Crippen molar-refractivity contribution in [2.24, 2.45) is 0 Å².